The van der Waals surface area contributed by atoms with Crippen molar-refractivity contribution in [2.75, 3.05) is 24.5 Å². The highest BCUT2D eigenvalue weighted by molar-refractivity contribution is 5.94. The van der Waals surface area contributed by atoms with Gasteiger partial charge in [-0.1, -0.05) is 50.6 Å². The summed E-state index contributed by atoms with van der Waals surface area (Å²) in [6.07, 6.45) is 5.17. The van der Waals surface area contributed by atoms with E-state index in [1.807, 2.05) is 17.9 Å². The maximum atomic E-state index is 12.6. The minimum Gasteiger partial charge on any atom is -0.465 e. The second kappa shape index (κ2) is 11.3. The average molecular weight is 478 g/mol. The highest BCUT2D eigenvalue weighted by atomic mass is 16.4. The summed E-state index contributed by atoms with van der Waals surface area (Å²) in [5.41, 5.74) is 5.25. The minimum absolute atomic E-state index is 0.00346. The van der Waals surface area contributed by atoms with Crippen LogP contribution in [0, 0.1) is 0 Å². The van der Waals surface area contributed by atoms with E-state index in [2.05, 4.69) is 48.2 Å². The number of likely N-dealkylation sites (tertiary alicyclic amines) is 1. The molecule has 1 saturated heterocycles. The zero-order valence-corrected chi connectivity index (χ0v) is 21.4. The summed E-state index contributed by atoms with van der Waals surface area (Å²) in [4.78, 5) is 30.8. The quantitative estimate of drug-likeness (QED) is 0.508. The van der Waals surface area contributed by atoms with Gasteiger partial charge in [0, 0.05) is 31.7 Å². The van der Waals surface area contributed by atoms with Gasteiger partial charge in [0.25, 0.3) is 0 Å². The molecule has 35 heavy (non-hydrogen) atoms. The first-order chi connectivity index (χ1) is 16.9. The molecule has 4 rings (SSSR count). The van der Waals surface area contributed by atoms with E-state index >= 15 is 0 Å². The largest absolute Gasteiger partial charge is 0.465 e. The molecule has 2 aromatic rings. The molecular formula is C29H39N3O3. The molecule has 2 heterocycles. The number of carbonyl (C=O) groups excluding carboxylic acids is 1. The van der Waals surface area contributed by atoms with Crippen LogP contribution < -0.4 is 4.90 Å². The van der Waals surface area contributed by atoms with Gasteiger partial charge in [-0.3, -0.25) is 9.69 Å². The average Bonchev–Trinajstić information content (AvgIpc) is 2.87. The number of carbonyl (C=O) groups is 2. The first-order valence-electron chi connectivity index (χ1n) is 13.2. The third kappa shape index (κ3) is 5.53. The molecule has 0 bridgehead atoms. The standard InChI is InChI=1S/C29H39N3O3/c1-4-15-31(29(34)35)28-19-25(5-2)32(21(3)33)27-14-13-24(18-26(27)28)23-11-9-22(10-12-23)20-30-16-7-6-8-17-30/h9-14,18,25,28H,4-8,15-17,19-20H2,1-3H3,(H,34,35). The summed E-state index contributed by atoms with van der Waals surface area (Å²) in [6.45, 7) is 9.49. The second-order valence-electron chi connectivity index (χ2n) is 9.99. The normalized spacial score (nSPS) is 20.4. The van der Waals surface area contributed by atoms with Gasteiger partial charge < -0.3 is 14.9 Å². The Morgan fingerprint density at radius 2 is 1.69 bits per heavy atom. The molecule has 0 aliphatic carbocycles. The fourth-order valence-electron chi connectivity index (χ4n) is 5.78. The molecule has 1 fully saturated rings. The van der Waals surface area contributed by atoms with Gasteiger partial charge in [0.15, 0.2) is 0 Å². The highest BCUT2D eigenvalue weighted by Crippen LogP contribution is 2.43. The number of rotatable bonds is 7. The van der Waals surface area contributed by atoms with Crippen LogP contribution in [0.15, 0.2) is 42.5 Å². The molecule has 6 heteroatoms. The van der Waals surface area contributed by atoms with Gasteiger partial charge in [0.1, 0.15) is 0 Å². The first-order valence-corrected chi connectivity index (χ1v) is 13.2. The third-order valence-corrected chi connectivity index (χ3v) is 7.55. The smallest absolute Gasteiger partial charge is 0.407 e. The summed E-state index contributed by atoms with van der Waals surface area (Å²) in [5.74, 6) is 0.00346. The number of hydrogen-bond donors (Lipinski definition) is 1. The Bertz CT molecular complexity index is 1030. The van der Waals surface area contributed by atoms with Crippen LogP contribution >= 0.6 is 0 Å². The van der Waals surface area contributed by atoms with Gasteiger partial charge in [-0.25, -0.2) is 4.79 Å². The monoisotopic (exact) mass is 477 g/mol. The van der Waals surface area contributed by atoms with Crippen LogP contribution in [-0.2, 0) is 11.3 Å². The number of nitrogens with zero attached hydrogens (tertiary/aromatic N) is 3. The van der Waals surface area contributed by atoms with Crippen molar-refractivity contribution in [1.82, 2.24) is 9.80 Å². The summed E-state index contributed by atoms with van der Waals surface area (Å²) >= 11 is 0. The van der Waals surface area contributed by atoms with Crippen molar-refractivity contribution in [2.24, 2.45) is 0 Å². The Morgan fingerprint density at radius 3 is 2.29 bits per heavy atom. The topological polar surface area (TPSA) is 64.1 Å². The Morgan fingerprint density at radius 1 is 1.00 bits per heavy atom. The Hall–Kier alpha value is -2.86. The number of fused-ring (bicyclic) bond motifs is 1. The summed E-state index contributed by atoms with van der Waals surface area (Å²) in [5, 5.41) is 10.0. The van der Waals surface area contributed by atoms with Crippen molar-refractivity contribution >= 4 is 17.7 Å². The van der Waals surface area contributed by atoms with Crippen LogP contribution in [0.3, 0.4) is 0 Å². The molecule has 6 nitrogen and oxygen atoms in total. The summed E-state index contributed by atoms with van der Waals surface area (Å²) < 4.78 is 0. The van der Waals surface area contributed by atoms with Crippen LogP contribution in [0.1, 0.15) is 76.5 Å². The molecule has 2 aliphatic heterocycles. The van der Waals surface area contributed by atoms with Gasteiger partial charge >= 0.3 is 6.09 Å². The molecule has 188 valence electrons. The van der Waals surface area contributed by atoms with Gasteiger partial charge in [-0.2, -0.15) is 0 Å². The molecular weight excluding hydrogens is 438 g/mol. The molecule has 0 aromatic heterocycles. The lowest BCUT2D eigenvalue weighted by atomic mass is 9.86. The second-order valence-corrected chi connectivity index (χ2v) is 9.99. The number of amides is 2. The fraction of sp³-hybridized carbons (Fsp3) is 0.517. The first kappa shape index (κ1) is 25.2. The number of piperidine rings is 1. The molecule has 2 atom stereocenters. The van der Waals surface area contributed by atoms with Crippen molar-refractivity contribution < 1.29 is 14.7 Å². The van der Waals surface area contributed by atoms with Gasteiger partial charge in [0.2, 0.25) is 5.91 Å². The van der Waals surface area contributed by atoms with E-state index in [0.29, 0.717) is 13.0 Å². The molecule has 2 aliphatic rings. The molecule has 0 saturated carbocycles. The van der Waals surface area contributed by atoms with Crippen molar-refractivity contribution in [3.8, 4) is 11.1 Å². The Kier molecular flexibility index (Phi) is 8.11. The van der Waals surface area contributed by atoms with Crippen LogP contribution in [0.25, 0.3) is 11.1 Å². The van der Waals surface area contributed by atoms with E-state index in [1.165, 1.54) is 37.9 Å². The molecule has 2 aromatic carbocycles. The molecule has 0 spiro atoms. The number of benzene rings is 2. The number of hydrogen-bond acceptors (Lipinski definition) is 3. The van der Waals surface area contributed by atoms with Crippen LogP contribution in [0.2, 0.25) is 0 Å². The zero-order valence-electron chi connectivity index (χ0n) is 21.4. The van der Waals surface area contributed by atoms with E-state index in [1.54, 1.807) is 11.8 Å². The Labute approximate surface area is 209 Å². The van der Waals surface area contributed by atoms with E-state index < -0.39 is 6.09 Å². The van der Waals surface area contributed by atoms with E-state index in [0.717, 1.165) is 41.8 Å². The lowest BCUT2D eigenvalue weighted by molar-refractivity contribution is -0.117. The molecule has 1 N–H and O–H groups in total. The van der Waals surface area contributed by atoms with Crippen molar-refractivity contribution in [1.29, 1.82) is 0 Å². The minimum atomic E-state index is -0.901. The predicted molar refractivity (Wildman–Crippen MR) is 141 cm³/mol. The van der Waals surface area contributed by atoms with Crippen molar-refractivity contribution in [3.05, 3.63) is 53.6 Å². The highest BCUT2D eigenvalue weighted by Gasteiger charge is 2.38. The SMILES string of the molecule is CCCN(C(=O)O)C1CC(CC)N(C(C)=O)c2ccc(-c3ccc(CN4CCCCC4)cc3)cc21. The summed E-state index contributed by atoms with van der Waals surface area (Å²) in [7, 11) is 0. The lowest BCUT2D eigenvalue weighted by Gasteiger charge is -2.43. The van der Waals surface area contributed by atoms with Crippen LogP contribution in [0.4, 0.5) is 10.5 Å². The number of carboxylic acid groups (broad SMARTS) is 1. The molecule has 0 radical (unpaired) electrons. The molecule has 2 unspecified atom stereocenters. The Balaban J connectivity index is 1.67. The van der Waals surface area contributed by atoms with Gasteiger partial charge in [-0.05, 0) is 79.6 Å². The summed E-state index contributed by atoms with van der Waals surface area (Å²) in [6, 6.07) is 14.6. The van der Waals surface area contributed by atoms with Gasteiger partial charge in [-0.15, -0.1) is 0 Å². The van der Waals surface area contributed by atoms with Crippen LogP contribution in [-0.4, -0.2) is 52.6 Å². The zero-order chi connectivity index (χ0) is 24.9. The predicted octanol–water partition coefficient (Wildman–Crippen LogP) is 6.31. The van der Waals surface area contributed by atoms with E-state index in [9.17, 15) is 14.7 Å². The lowest BCUT2D eigenvalue weighted by Crippen LogP contribution is -2.47. The maximum absolute atomic E-state index is 12.6. The van der Waals surface area contributed by atoms with Crippen LogP contribution in [0.5, 0.6) is 0 Å². The van der Waals surface area contributed by atoms with E-state index in [-0.39, 0.29) is 18.0 Å². The maximum Gasteiger partial charge on any atom is 0.407 e. The van der Waals surface area contributed by atoms with Crippen molar-refractivity contribution in [3.63, 3.8) is 0 Å². The molecule has 2 amide bonds. The third-order valence-electron chi connectivity index (χ3n) is 7.55. The number of anilines is 1. The fourth-order valence-corrected chi connectivity index (χ4v) is 5.78. The van der Waals surface area contributed by atoms with Gasteiger partial charge in [0.05, 0.1) is 6.04 Å². The van der Waals surface area contributed by atoms with Crippen molar-refractivity contribution in [2.45, 2.75) is 77.9 Å². The van der Waals surface area contributed by atoms with E-state index in [4.69, 9.17) is 0 Å².